The highest BCUT2D eigenvalue weighted by Crippen LogP contribution is 2.24. The van der Waals surface area contributed by atoms with E-state index < -0.39 is 0 Å². The molecular weight excluding hydrogens is 255 g/mol. The van der Waals surface area contributed by atoms with E-state index in [1.165, 1.54) is 31.4 Å². The van der Waals surface area contributed by atoms with Gasteiger partial charge in [-0.05, 0) is 43.0 Å². The van der Waals surface area contributed by atoms with Gasteiger partial charge < -0.3 is 10.3 Å². The first-order chi connectivity index (χ1) is 9.63. The van der Waals surface area contributed by atoms with Gasteiger partial charge in [-0.3, -0.25) is 4.79 Å². The number of carbonyl (C=O) groups excluding carboxylic acids is 1. The standard InChI is InChI=1S/C16H19FN2O/c1-10-4-2-3-5-13(10)19-16(20)15-8-11-6-7-12(17)9-14(11)18-15/h6-10,13,18H,2-5H2,1H3,(H,19,20)/t10-,13+/m0/s1. The van der Waals surface area contributed by atoms with Gasteiger partial charge in [0.15, 0.2) is 0 Å². The van der Waals surface area contributed by atoms with E-state index in [-0.39, 0.29) is 17.8 Å². The SMILES string of the molecule is C[C@H]1CCCC[C@H]1NC(=O)c1cc2ccc(F)cc2[nH]1. The van der Waals surface area contributed by atoms with E-state index in [0.29, 0.717) is 17.1 Å². The summed E-state index contributed by atoms with van der Waals surface area (Å²) in [4.78, 5) is 15.3. The highest BCUT2D eigenvalue weighted by Gasteiger charge is 2.23. The Hall–Kier alpha value is -1.84. The van der Waals surface area contributed by atoms with Crippen LogP contribution in [0, 0.1) is 11.7 Å². The Morgan fingerprint density at radius 3 is 2.90 bits per heavy atom. The van der Waals surface area contributed by atoms with Crippen LogP contribution >= 0.6 is 0 Å². The number of benzene rings is 1. The molecule has 1 heterocycles. The molecule has 0 radical (unpaired) electrons. The van der Waals surface area contributed by atoms with Crippen molar-refractivity contribution in [3.8, 4) is 0 Å². The van der Waals surface area contributed by atoms with Crippen molar-refractivity contribution < 1.29 is 9.18 Å². The van der Waals surface area contributed by atoms with Crippen LogP contribution in [-0.4, -0.2) is 16.9 Å². The second-order valence-corrected chi connectivity index (χ2v) is 5.76. The molecule has 2 aromatic rings. The topological polar surface area (TPSA) is 44.9 Å². The van der Waals surface area contributed by atoms with Gasteiger partial charge in [0.2, 0.25) is 0 Å². The average Bonchev–Trinajstić information content (AvgIpc) is 2.84. The number of rotatable bonds is 2. The summed E-state index contributed by atoms with van der Waals surface area (Å²) in [5.41, 5.74) is 1.16. The Morgan fingerprint density at radius 1 is 1.30 bits per heavy atom. The van der Waals surface area contributed by atoms with E-state index in [1.54, 1.807) is 12.1 Å². The highest BCUT2D eigenvalue weighted by molar-refractivity contribution is 5.98. The fourth-order valence-electron chi connectivity index (χ4n) is 3.00. The number of H-pyrrole nitrogens is 1. The maximum atomic E-state index is 13.2. The van der Waals surface area contributed by atoms with Gasteiger partial charge in [-0.1, -0.05) is 19.8 Å². The third-order valence-corrected chi connectivity index (χ3v) is 4.26. The molecule has 0 unspecified atom stereocenters. The van der Waals surface area contributed by atoms with E-state index in [1.807, 2.05) is 0 Å². The van der Waals surface area contributed by atoms with E-state index in [2.05, 4.69) is 17.2 Å². The van der Waals surface area contributed by atoms with E-state index >= 15 is 0 Å². The zero-order valence-corrected chi connectivity index (χ0v) is 11.6. The molecule has 1 amide bonds. The molecule has 0 aliphatic heterocycles. The normalized spacial score (nSPS) is 22.9. The van der Waals surface area contributed by atoms with Gasteiger partial charge in [0.1, 0.15) is 11.5 Å². The molecule has 4 heteroatoms. The molecule has 20 heavy (non-hydrogen) atoms. The van der Waals surface area contributed by atoms with E-state index in [4.69, 9.17) is 0 Å². The summed E-state index contributed by atoms with van der Waals surface area (Å²) >= 11 is 0. The minimum Gasteiger partial charge on any atom is -0.350 e. The van der Waals surface area contributed by atoms with Crippen LogP contribution in [-0.2, 0) is 0 Å². The summed E-state index contributed by atoms with van der Waals surface area (Å²) < 4.78 is 13.2. The van der Waals surface area contributed by atoms with Crippen LogP contribution in [0.25, 0.3) is 10.9 Å². The average molecular weight is 274 g/mol. The van der Waals surface area contributed by atoms with E-state index in [0.717, 1.165) is 11.8 Å². The maximum absolute atomic E-state index is 13.2. The summed E-state index contributed by atoms with van der Waals surface area (Å²) in [6, 6.07) is 6.52. The van der Waals surface area contributed by atoms with Crippen molar-refractivity contribution in [2.45, 2.75) is 38.6 Å². The van der Waals surface area contributed by atoms with Gasteiger partial charge in [-0.2, -0.15) is 0 Å². The summed E-state index contributed by atoms with van der Waals surface area (Å²) in [6.07, 6.45) is 4.64. The Morgan fingerprint density at radius 2 is 2.10 bits per heavy atom. The zero-order valence-electron chi connectivity index (χ0n) is 11.6. The molecule has 2 atom stereocenters. The molecule has 2 N–H and O–H groups in total. The molecule has 3 rings (SSSR count). The lowest BCUT2D eigenvalue weighted by atomic mass is 9.86. The monoisotopic (exact) mass is 274 g/mol. The quantitative estimate of drug-likeness (QED) is 0.863. The molecule has 0 spiro atoms. The summed E-state index contributed by atoms with van der Waals surface area (Å²) in [6.45, 7) is 2.19. The van der Waals surface area contributed by atoms with Crippen molar-refractivity contribution in [1.82, 2.24) is 10.3 Å². The number of halogens is 1. The lowest BCUT2D eigenvalue weighted by Crippen LogP contribution is -2.41. The third-order valence-electron chi connectivity index (χ3n) is 4.26. The summed E-state index contributed by atoms with van der Waals surface area (Å²) in [7, 11) is 0. The van der Waals surface area contributed by atoms with Crippen LogP contribution < -0.4 is 5.32 Å². The number of fused-ring (bicyclic) bond motifs is 1. The van der Waals surface area contributed by atoms with Gasteiger partial charge >= 0.3 is 0 Å². The number of aromatic nitrogens is 1. The Kier molecular flexibility index (Phi) is 3.47. The molecule has 0 saturated heterocycles. The fraction of sp³-hybridized carbons (Fsp3) is 0.438. The Balaban J connectivity index is 1.78. The van der Waals surface area contributed by atoms with Crippen molar-refractivity contribution in [2.75, 3.05) is 0 Å². The minimum absolute atomic E-state index is 0.0969. The first kappa shape index (κ1) is 13.2. The van der Waals surface area contributed by atoms with E-state index in [9.17, 15) is 9.18 Å². The highest BCUT2D eigenvalue weighted by atomic mass is 19.1. The molecule has 1 aliphatic rings. The number of aromatic amines is 1. The lowest BCUT2D eigenvalue weighted by molar-refractivity contribution is 0.0906. The molecule has 3 nitrogen and oxygen atoms in total. The van der Waals surface area contributed by atoms with Gasteiger partial charge in [0.25, 0.3) is 5.91 Å². The van der Waals surface area contributed by atoms with Crippen LogP contribution in [0.3, 0.4) is 0 Å². The van der Waals surface area contributed by atoms with Crippen molar-refractivity contribution in [1.29, 1.82) is 0 Å². The first-order valence-electron chi connectivity index (χ1n) is 7.22. The van der Waals surface area contributed by atoms with Crippen LogP contribution in [0.5, 0.6) is 0 Å². The predicted molar refractivity (Wildman–Crippen MR) is 77.1 cm³/mol. The van der Waals surface area contributed by atoms with Gasteiger partial charge in [-0.15, -0.1) is 0 Å². The van der Waals surface area contributed by atoms with Crippen LogP contribution in [0.1, 0.15) is 43.1 Å². The maximum Gasteiger partial charge on any atom is 0.267 e. The molecule has 1 aromatic heterocycles. The molecule has 1 fully saturated rings. The van der Waals surface area contributed by atoms with Crippen molar-refractivity contribution in [3.63, 3.8) is 0 Å². The zero-order chi connectivity index (χ0) is 14.1. The van der Waals surface area contributed by atoms with Gasteiger partial charge in [-0.25, -0.2) is 4.39 Å². The molecule has 1 saturated carbocycles. The molecule has 0 bridgehead atoms. The first-order valence-corrected chi connectivity index (χ1v) is 7.22. The fourth-order valence-corrected chi connectivity index (χ4v) is 3.00. The predicted octanol–water partition coefficient (Wildman–Crippen LogP) is 3.62. The molecular formula is C16H19FN2O. The largest absolute Gasteiger partial charge is 0.350 e. The molecule has 1 aromatic carbocycles. The Labute approximate surface area is 117 Å². The van der Waals surface area contributed by atoms with Gasteiger partial charge in [0.05, 0.1) is 0 Å². The number of carbonyl (C=O) groups is 1. The number of amides is 1. The molecule has 1 aliphatic carbocycles. The van der Waals surface area contributed by atoms with Crippen molar-refractivity contribution in [3.05, 3.63) is 35.8 Å². The smallest absolute Gasteiger partial charge is 0.267 e. The van der Waals surface area contributed by atoms with Crippen LogP contribution in [0.4, 0.5) is 4.39 Å². The van der Waals surface area contributed by atoms with Gasteiger partial charge in [0, 0.05) is 16.9 Å². The number of hydrogen-bond donors (Lipinski definition) is 2. The Bertz CT molecular complexity index is 634. The molecule has 106 valence electrons. The third kappa shape index (κ3) is 2.55. The summed E-state index contributed by atoms with van der Waals surface area (Å²) in [5.74, 6) is 0.127. The second kappa shape index (κ2) is 5.27. The van der Waals surface area contributed by atoms with Crippen LogP contribution in [0.2, 0.25) is 0 Å². The summed E-state index contributed by atoms with van der Waals surface area (Å²) in [5, 5.41) is 3.95. The lowest BCUT2D eigenvalue weighted by Gasteiger charge is -2.29. The second-order valence-electron chi connectivity index (χ2n) is 5.76. The van der Waals surface area contributed by atoms with Crippen molar-refractivity contribution >= 4 is 16.8 Å². The minimum atomic E-state index is -0.299. The number of hydrogen-bond acceptors (Lipinski definition) is 1. The van der Waals surface area contributed by atoms with Crippen molar-refractivity contribution in [2.24, 2.45) is 5.92 Å². The number of nitrogens with one attached hydrogen (secondary N) is 2. The van der Waals surface area contributed by atoms with Crippen LogP contribution in [0.15, 0.2) is 24.3 Å².